The molecule has 14 heavy (non-hydrogen) atoms. The number of aryl methyl sites for hydroxylation is 1. The van der Waals surface area contributed by atoms with E-state index in [1.54, 1.807) is 6.21 Å². The fourth-order valence-electron chi connectivity index (χ4n) is 1.15. The molecule has 1 aromatic rings. The Morgan fingerprint density at radius 2 is 2.29 bits per heavy atom. The van der Waals surface area contributed by atoms with Crippen LogP contribution in [-0.4, -0.2) is 11.3 Å². The van der Waals surface area contributed by atoms with Gasteiger partial charge in [-0.3, -0.25) is 5.43 Å². The monoisotopic (exact) mass is 207 g/mol. The van der Waals surface area contributed by atoms with Crippen LogP contribution in [0.25, 0.3) is 0 Å². The summed E-state index contributed by atoms with van der Waals surface area (Å²) in [5.41, 5.74) is 10.1. The Labute approximate surface area is 89.0 Å². The molecule has 1 aromatic carbocycles. The van der Waals surface area contributed by atoms with Crippen LogP contribution in [0.15, 0.2) is 29.4 Å². The molecule has 0 unspecified atom stereocenters. The highest BCUT2D eigenvalue weighted by molar-refractivity contribution is 7.80. The van der Waals surface area contributed by atoms with Crippen molar-refractivity contribution in [1.29, 1.82) is 0 Å². The Balaban J connectivity index is 2.75. The lowest BCUT2D eigenvalue weighted by molar-refractivity contribution is 1.04. The van der Waals surface area contributed by atoms with Crippen LogP contribution in [0, 0.1) is 0 Å². The van der Waals surface area contributed by atoms with Gasteiger partial charge in [0.15, 0.2) is 5.11 Å². The molecule has 0 bridgehead atoms. The predicted molar refractivity (Wildman–Crippen MR) is 63.3 cm³/mol. The Kier molecular flexibility index (Phi) is 4.07. The first-order valence-electron chi connectivity index (χ1n) is 4.40. The summed E-state index contributed by atoms with van der Waals surface area (Å²) in [6.07, 6.45) is 2.70. The smallest absolute Gasteiger partial charge is 0.184 e. The zero-order chi connectivity index (χ0) is 10.4. The van der Waals surface area contributed by atoms with E-state index in [1.165, 1.54) is 5.56 Å². The minimum absolute atomic E-state index is 0.176. The number of hydrogen-bond donors (Lipinski definition) is 2. The Morgan fingerprint density at radius 1 is 1.57 bits per heavy atom. The number of hydrogen-bond acceptors (Lipinski definition) is 2. The molecule has 1 rings (SSSR count). The molecule has 0 aliphatic carbocycles. The number of nitrogens with zero attached hydrogens (tertiary/aromatic N) is 1. The van der Waals surface area contributed by atoms with Gasteiger partial charge in [-0.05, 0) is 29.8 Å². The van der Waals surface area contributed by atoms with Gasteiger partial charge < -0.3 is 5.73 Å². The number of benzene rings is 1. The molecule has 3 nitrogen and oxygen atoms in total. The highest BCUT2D eigenvalue weighted by Crippen LogP contribution is 2.06. The minimum Gasteiger partial charge on any atom is -0.375 e. The Bertz CT molecular complexity index is 347. The molecule has 3 N–H and O–H groups in total. The van der Waals surface area contributed by atoms with E-state index >= 15 is 0 Å². The molecule has 74 valence electrons. The number of hydrazone groups is 1. The number of rotatable bonds is 3. The molecule has 0 spiro atoms. The van der Waals surface area contributed by atoms with Crippen LogP contribution in [-0.2, 0) is 6.42 Å². The number of nitrogens with two attached hydrogens (primary N) is 1. The molecule has 0 heterocycles. The summed E-state index contributed by atoms with van der Waals surface area (Å²) < 4.78 is 0. The summed E-state index contributed by atoms with van der Waals surface area (Å²) in [5, 5.41) is 4.08. The predicted octanol–water partition coefficient (Wildman–Crippen LogP) is 1.42. The van der Waals surface area contributed by atoms with Crippen molar-refractivity contribution in [3.63, 3.8) is 0 Å². The van der Waals surface area contributed by atoms with E-state index < -0.39 is 0 Å². The zero-order valence-electron chi connectivity index (χ0n) is 8.03. The lowest BCUT2D eigenvalue weighted by Gasteiger charge is -2.01. The van der Waals surface area contributed by atoms with Gasteiger partial charge in [-0.2, -0.15) is 5.10 Å². The van der Waals surface area contributed by atoms with Crippen molar-refractivity contribution in [2.45, 2.75) is 13.3 Å². The van der Waals surface area contributed by atoms with Crippen molar-refractivity contribution in [1.82, 2.24) is 5.43 Å². The summed E-state index contributed by atoms with van der Waals surface area (Å²) in [6.45, 7) is 2.10. The second-order valence-electron chi connectivity index (χ2n) is 2.79. The van der Waals surface area contributed by atoms with E-state index in [4.69, 9.17) is 5.73 Å². The van der Waals surface area contributed by atoms with E-state index in [9.17, 15) is 0 Å². The zero-order valence-corrected chi connectivity index (χ0v) is 8.84. The first-order valence-corrected chi connectivity index (χ1v) is 4.81. The molecule has 4 heteroatoms. The van der Waals surface area contributed by atoms with Crippen LogP contribution >= 0.6 is 12.2 Å². The summed E-state index contributed by atoms with van der Waals surface area (Å²) in [6, 6.07) is 8.06. The van der Waals surface area contributed by atoms with Crippen molar-refractivity contribution in [2.75, 3.05) is 0 Å². The van der Waals surface area contributed by atoms with Crippen molar-refractivity contribution < 1.29 is 0 Å². The van der Waals surface area contributed by atoms with Crippen LogP contribution in [0.5, 0.6) is 0 Å². The molecule has 0 radical (unpaired) electrons. The molecule has 0 saturated carbocycles. The molecular formula is C10H13N3S. The van der Waals surface area contributed by atoms with Crippen molar-refractivity contribution >= 4 is 23.5 Å². The molecule has 0 amide bonds. The van der Waals surface area contributed by atoms with Gasteiger partial charge in [0, 0.05) is 0 Å². The van der Waals surface area contributed by atoms with Crippen molar-refractivity contribution in [3.8, 4) is 0 Å². The molecule has 0 atom stereocenters. The van der Waals surface area contributed by atoms with Gasteiger partial charge >= 0.3 is 0 Å². The van der Waals surface area contributed by atoms with E-state index in [0.29, 0.717) is 0 Å². The van der Waals surface area contributed by atoms with Gasteiger partial charge in [0.1, 0.15) is 0 Å². The average molecular weight is 207 g/mol. The van der Waals surface area contributed by atoms with Gasteiger partial charge in [-0.15, -0.1) is 0 Å². The molecule has 0 aromatic heterocycles. The number of nitrogens with one attached hydrogen (secondary N) is 1. The van der Waals surface area contributed by atoms with Gasteiger partial charge in [0.25, 0.3) is 0 Å². The normalized spacial score (nSPS) is 10.4. The third kappa shape index (κ3) is 3.14. The minimum atomic E-state index is 0.176. The Morgan fingerprint density at radius 3 is 2.93 bits per heavy atom. The lowest BCUT2D eigenvalue weighted by Crippen LogP contribution is -2.24. The first-order chi connectivity index (χ1) is 6.74. The van der Waals surface area contributed by atoms with Gasteiger partial charge in [-0.1, -0.05) is 31.2 Å². The maximum atomic E-state index is 5.23. The summed E-state index contributed by atoms with van der Waals surface area (Å²) in [5.74, 6) is 0. The van der Waals surface area contributed by atoms with E-state index in [-0.39, 0.29) is 5.11 Å². The van der Waals surface area contributed by atoms with E-state index in [0.717, 1.165) is 12.0 Å². The fraction of sp³-hybridized carbons (Fsp3) is 0.200. The van der Waals surface area contributed by atoms with Crippen LogP contribution in [0.2, 0.25) is 0 Å². The standard InChI is InChI=1S/C10H13N3S/c1-2-8-5-3-4-6-9(8)7-12-13-10(11)14/h3-7H,2H2,1H3,(H3,11,13,14)/b12-7+. The van der Waals surface area contributed by atoms with E-state index in [2.05, 4.69) is 35.7 Å². The SMILES string of the molecule is CCc1ccccc1/C=N/NC(N)=S. The highest BCUT2D eigenvalue weighted by atomic mass is 32.1. The molecular weight excluding hydrogens is 194 g/mol. The third-order valence-corrected chi connectivity index (χ3v) is 1.91. The quantitative estimate of drug-likeness (QED) is 0.448. The second kappa shape index (κ2) is 5.34. The molecule has 0 aliphatic heterocycles. The van der Waals surface area contributed by atoms with Crippen molar-refractivity contribution in [3.05, 3.63) is 35.4 Å². The largest absolute Gasteiger partial charge is 0.375 e. The summed E-state index contributed by atoms with van der Waals surface area (Å²) in [4.78, 5) is 0. The van der Waals surface area contributed by atoms with Crippen LogP contribution in [0.1, 0.15) is 18.1 Å². The van der Waals surface area contributed by atoms with Crippen LogP contribution in [0.3, 0.4) is 0 Å². The maximum absolute atomic E-state index is 5.23. The fourth-order valence-corrected chi connectivity index (χ4v) is 1.20. The molecule has 0 aliphatic rings. The molecule has 0 fully saturated rings. The van der Waals surface area contributed by atoms with Gasteiger partial charge in [-0.25, -0.2) is 0 Å². The number of thiocarbonyl (C=S) groups is 1. The third-order valence-electron chi connectivity index (χ3n) is 1.81. The van der Waals surface area contributed by atoms with Gasteiger partial charge in [0.2, 0.25) is 0 Å². The highest BCUT2D eigenvalue weighted by Gasteiger charge is 1.94. The Hall–Kier alpha value is -1.42. The topological polar surface area (TPSA) is 50.4 Å². The van der Waals surface area contributed by atoms with Gasteiger partial charge in [0.05, 0.1) is 6.21 Å². The summed E-state index contributed by atoms with van der Waals surface area (Å²) >= 11 is 4.63. The molecule has 0 saturated heterocycles. The lowest BCUT2D eigenvalue weighted by atomic mass is 10.1. The van der Waals surface area contributed by atoms with Crippen molar-refractivity contribution in [2.24, 2.45) is 10.8 Å². The van der Waals surface area contributed by atoms with Crippen LogP contribution in [0.4, 0.5) is 0 Å². The van der Waals surface area contributed by atoms with Crippen LogP contribution < -0.4 is 11.2 Å². The maximum Gasteiger partial charge on any atom is 0.184 e. The first kappa shape index (κ1) is 10.7. The second-order valence-corrected chi connectivity index (χ2v) is 3.23. The summed E-state index contributed by atoms with van der Waals surface area (Å²) in [7, 11) is 0. The average Bonchev–Trinajstić information content (AvgIpc) is 2.18. The van der Waals surface area contributed by atoms with E-state index in [1.807, 2.05) is 18.2 Å².